The normalized spacial score (nSPS) is 17.9. The number of nitrogens with zero attached hydrogens (tertiary/aromatic N) is 2. The average Bonchev–Trinajstić information content (AvgIpc) is 3.13. The molecule has 1 saturated heterocycles. The summed E-state index contributed by atoms with van der Waals surface area (Å²) < 4.78 is 32.6. The number of carboxylic acids is 2. The van der Waals surface area contributed by atoms with Gasteiger partial charge in [-0.2, -0.15) is 13.2 Å². The van der Waals surface area contributed by atoms with Gasteiger partial charge in [-0.1, -0.05) is 40.2 Å². The topological polar surface area (TPSA) is 90.7 Å². The van der Waals surface area contributed by atoms with Crippen LogP contribution in [0.4, 0.5) is 13.2 Å². The lowest BCUT2D eigenvalue weighted by atomic mass is 10.0. The number of hydrogen-bond donors (Lipinski definition) is 2. The molecule has 2 atom stereocenters. The van der Waals surface area contributed by atoms with E-state index in [9.17, 15) is 23.1 Å². The zero-order valence-electron chi connectivity index (χ0n) is 15.0. The molecule has 1 aliphatic heterocycles. The Kier molecular flexibility index (Phi) is 7.74. The minimum absolute atomic E-state index is 0.345. The molecule has 2 unspecified atom stereocenters. The molecule has 3 rings (SSSR count). The van der Waals surface area contributed by atoms with E-state index in [1.807, 2.05) is 41.4 Å². The highest BCUT2D eigenvalue weighted by atomic mass is 79.9. The first kappa shape index (κ1) is 22.8. The van der Waals surface area contributed by atoms with Gasteiger partial charge in [0, 0.05) is 23.4 Å². The summed E-state index contributed by atoms with van der Waals surface area (Å²) >= 11 is 3.47. The van der Waals surface area contributed by atoms with Crippen molar-refractivity contribution in [3.63, 3.8) is 0 Å². The quantitative estimate of drug-likeness (QED) is 0.693. The molecule has 2 aromatic rings. The average molecular weight is 475 g/mol. The number of likely N-dealkylation sites (tertiary alicyclic amines) is 1. The minimum atomic E-state index is -5.08. The van der Waals surface area contributed by atoms with Gasteiger partial charge in [0.05, 0.1) is 0 Å². The summed E-state index contributed by atoms with van der Waals surface area (Å²) in [4.78, 5) is 26.9. The number of carbonyl (C=O) groups is 2. The zero-order chi connectivity index (χ0) is 21.6. The molecular formula is C19H18BrF3N2O4. The predicted molar refractivity (Wildman–Crippen MR) is 101 cm³/mol. The molecule has 0 amide bonds. The highest BCUT2D eigenvalue weighted by molar-refractivity contribution is 9.10. The van der Waals surface area contributed by atoms with Crippen molar-refractivity contribution in [1.82, 2.24) is 9.88 Å². The first-order valence-corrected chi connectivity index (χ1v) is 9.32. The van der Waals surface area contributed by atoms with E-state index in [1.165, 1.54) is 5.56 Å². The van der Waals surface area contributed by atoms with Crippen molar-refractivity contribution >= 4 is 27.9 Å². The Hall–Kier alpha value is -2.46. The van der Waals surface area contributed by atoms with Crippen molar-refractivity contribution in [2.45, 2.75) is 24.6 Å². The van der Waals surface area contributed by atoms with E-state index < -0.39 is 24.2 Å². The summed E-state index contributed by atoms with van der Waals surface area (Å²) in [6.45, 7) is 1.52. The Labute approximate surface area is 173 Å². The highest BCUT2D eigenvalue weighted by Crippen LogP contribution is 2.35. The summed E-state index contributed by atoms with van der Waals surface area (Å²) in [5.74, 6) is -3.22. The number of pyridine rings is 1. The van der Waals surface area contributed by atoms with Gasteiger partial charge in [-0.05, 0) is 42.1 Å². The lowest BCUT2D eigenvalue weighted by molar-refractivity contribution is -0.192. The fourth-order valence-electron chi connectivity index (χ4n) is 3.09. The molecule has 0 saturated carbocycles. The van der Waals surface area contributed by atoms with Crippen molar-refractivity contribution in [2.75, 3.05) is 13.1 Å². The van der Waals surface area contributed by atoms with E-state index in [2.05, 4.69) is 27.0 Å². The van der Waals surface area contributed by atoms with E-state index in [4.69, 9.17) is 9.90 Å². The molecule has 29 heavy (non-hydrogen) atoms. The summed E-state index contributed by atoms with van der Waals surface area (Å²) in [5.41, 5.74) is 1.99. The maximum Gasteiger partial charge on any atom is 0.490 e. The Morgan fingerprint density at radius 3 is 2.34 bits per heavy atom. The van der Waals surface area contributed by atoms with Crippen LogP contribution in [0.3, 0.4) is 0 Å². The maximum absolute atomic E-state index is 11.8. The van der Waals surface area contributed by atoms with E-state index in [0.717, 1.165) is 29.5 Å². The molecule has 1 aromatic heterocycles. The van der Waals surface area contributed by atoms with E-state index >= 15 is 0 Å². The summed E-state index contributed by atoms with van der Waals surface area (Å²) in [6.07, 6.45) is -0.486. The Morgan fingerprint density at radius 1 is 1.17 bits per heavy atom. The number of benzene rings is 1. The number of rotatable bonds is 4. The molecule has 0 aliphatic carbocycles. The van der Waals surface area contributed by atoms with Gasteiger partial charge < -0.3 is 10.2 Å². The molecule has 0 spiro atoms. The molecule has 10 heteroatoms. The first-order chi connectivity index (χ1) is 13.6. The number of hydrogen-bond acceptors (Lipinski definition) is 4. The largest absolute Gasteiger partial charge is 0.490 e. The second kappa shape index (κ2) is 9.84. The van der Waals surface area contributed by atoms with Crippen LogP contribution < -0.4 is 0 Å². The fraction of sp³-hybridized carbons (Fsp3) is 0.316. The number of halogens is 4. The van der Waals surface area contributed by atoms with Gasteiger partial charge in [-0.25, -0.2) is 4.79 Å². The minimum Gasteiger partial charge on any atom is -0.480 e. The fourth-order valence-corrected chi connectivity index (χ4v) is 3.60. The van der Waals surface area contributed by atoms with Crippen LogP contribution in [0.15, 0.2) is 53.3 Å². The molecule has 2 heterocycles. The summed E-state index contributed by atoms with van der Waals surface area (Å²) in [5, 5.41) is 16.8. The van der Waals surface area contributed by atoms with Crippen LogP contribution in [0.25, 0.3) is 0 Å². The summed E-state index contributed by atoms with van der Waals surface area (Å²) in [7, 11) is 0. The van der Waals surface area contributed by atoms with Crippen molar-refractivity contribution in [1.29, 1.82) is 0 Å². The van der Waals surface area contributed by atoms with Gasteiger partial charge >= 0.3 is 18.1 Å². The van der Waals surface area contributed by atoms with Crippen LogP contribution in [-0.2, 0) is 9.59 Å². The molecule has 1 aromatic carbocycles. The molecule has 1 fully saturated rings. The van der Waals surface area contributed by atoms with Crippen LogP contribution in [0, 0.1) is 0 Å². The maximum atomic E-state index is 11.8. The number of alkyl halides is 3. The summed E-state index contributed by atoms with van der Waals surface area (Å²) in [6, 6.07) is 10.9. The molecule has 156 valence electrons. The Balaban J connectivity index is 0.000000370. The van der Waals surface area contributed by atoms with Gasteiger partial charge in [0.25, 0.3) is 0 Å². The lowest BCUT2D eigenvalue weighted by Crippen LogP contribution is -2.32. The monoisotopic (exact) mass is 474 g/mol. The molecule has 2 N–H and O–H groups in total. The Bertz CT molecular complexity index is 849. The second-order valence-electron chi connectivity index (χ2n) is 6.33. The third-order valence-electron chi connectivity index (χ3n) is 4.42. The smallest absolute Gasteiger partial charge is 0.480 e. The van der Waals surface area contributed by atoms with Gasteiger partial charge in [-0.15, -0.1) is 0 Å². The second-order valence-corrected chi connectivity index (χ2v) is 7.19. The van der Waals surface area contributed by atoms with Crippen LogP contribution in [0.2, 0.25) is 0 Å². The molecular weight excluding hydrogens is 457 g/mol. The van der Waals surface area contributed by atoms with E-state index in [1.54, 1.807) is 6.20 Å². The third kappa shape index (κ3) is 6.26. The molecule has 0 radical (unpaired) electrons. The Morgan fingerprint density at radius 2 is 1.83 bits per heavy atom. The van der Waals surface area contributed by atoms with E-state index in [-0.39, 0.29) is 0 Å². The number of aliphatic carboxylic acids is 2. The zero-order valence-corrected chi connectivity index (χ0v) is 16.6. The third-order valence-corrected chi connectivity index (χ3v) is 5.14. The number of carboxylic acid groups (broad SMARTS) is 2. The van der Waals surface area contributed by atoms with Crippen molar-refractivity contribution in [3.8, 4) is 0 Å². The van der Waals surface area contributed by atoms with Gasteiger partial charge in [-0.3, -0.25) is 14.7 Å². The van der Waals surface area contributed by atoms with Crippen LogP contribution in [0.1, 0.15) is 29.5 Å². The van der Waals surface area contributed by atoms with Gasteiger partial charge in [0.1, 0.15) is 6.04 Å². The van der Waals surface area contributed by atoms with Crippen molar-refractivity contribution in [3.05, 3.63) is 64.4 Å². The van der Waals surface area contributed by atoms with Gasteiger partial charge in [0.15, 0.2) is 0 Å². The standard InChI is InChI=1S/C17H17BrN2O2.C2HF3O2/c18-15-6-2-1-5-14(15)16(17(21)22)20-9-7-13(11-20)12-4-3-8-19-10-12;3-2(4,5)1(6)7/h1-6,8,10,13,16H,7,9,11H2,(H,21,22);(H,6,7). The van der Waals surface area contributed by atoms with E-state index in [0.29, 0.717) is 5.92 Å². The van der Waals surface area contributed by atoms with Crippen LogP contribution in [-0.4, -0.2) is 51.3 Å². The highest BCUT2D eigenvalue weighted by Gasteiger charge is 2.38. The van der Waals surface area contributed by atoms with Crippen LogP contribution >= 0.6 is 15.9 Å². The van der Waals surface area contributed by atoms with Gasteiger partial charge in [0.2, 0.25) is 0 Å². The van der Waals surface area contributed by atoms with Crippen molar-refractivity contribution in [2.24, 2.45) is 0 Å². The van der Waals surface area contributed by atoms with Crippen molar-refractivity contribution < 1.29 is 33.0 Å². The predicted octanol–water partition coefficient (Wildman–Crippen LogP) is 4.09. The number of aromatic nitrogens is 1. The first-order valence-electron chi connectivity index (χ1n) is 8.52. The lowest BCUT2D eigenvalue weighted by Gasteiger charge is -2.25. The molecule has 1 aliphatic rings. The molecule has 0 bridgehead atoms. The SMILES string of the molecule is O=C(O)C(F)(F)F.O=C(O)C(c1ccccc1Br)N1CCC(c2cccnc2)C1. The molecule has 6 nitrogen and oxygen atoms in total. The van der Waals surface area contributed by atoms with Crippen LogP contribution in [0.5, 0.6) is 0 Å².